The lowest BCUT2D eigenvalue weighted by Crippen LogP contribution is -2.66. The van der Waals surface area contributed by atoms with E-state index in [0.717, 1.165) is 12.1 Å². The van der Waals surface area contributed by atoms with Gasteiger partial charge in [-0.1, -0.05) is 0 Å². The van der Waals surface area contributed by atoms with Crippen molar-refractivity contribution >= 4 is 0 Å². The zero-order valence-corrected chi connectivity index (χ0v) is 18.9. The second-order valence-electron chi connectivity index (χ2n) is 12.0. The number of piperidine rings is 1. The van der Waals surface area contributed by atoms with Gasteiger partial charge in [-0.25, -0.2) is 0 Å². The Morgan fingerprint density at radius 3 is 1.56 bits per heavy atom. The van der Waals surface area contributed by atoms with Gasteiger partial charge < -0.3 is 0 Å². The van der Waals surface area contributed by atoms with Gasteiger partial charge in [-0.15, -0.1) is 0 Å². The maximum Gasteiger partial charge on any atom is 0.0350 e. The number of likely N-dealkylation sites (tertiary alicyclic amines) is 2. The predicted molar refractivity (Wildman–Crippen MR) is 114 cm³/mol. The smallest absolute Gasteiger partial charge is 0.0350 e. The Morgan fingerprint density at radius 1 is 0.593 bits per heavy atom. The van der Waals surface area contributed by atoms with E-state index < -0.39 is 0 Å². The van der Waals surface area contributed by atoms with Gasteiger partial charge >= 0.3 is 0 Å². The molecule has 4 fully saturated rings. The fourth-order valence-electron chi connectivity index (χ4n) is 5.96. The zero-order chi connectivity index (χ0) is 19.4. The normalized spacial score (nSPS) is 30.4. The molecule has 0 unspecified atom stereocenters. The molecule has 4 heteroatoms. The molecule has 0 atom stereocenters. The summed E-state index contributed by atoms with van der Waals surface area (Å²) in [7, 11) is 0. The van der Waals surface area contributed by atoms with Gasteiger partial charge in [-0.3, -0.25) is 19.6 Å². The number of nitrogens with zero attached hydrogens (tertiary/aromatic N) is 4. The quantitative estimate of drug-likeness (QED) is 0.734. The first-order chi connectivity index (χ1) is 12.6. The molecule has 4 aliphatic rings. The molecule has 4 rings (SSSR count). The van der Waals surface area contributed by atoms with Crippen molar-refractivity contribution in [3.05, 3.63) is 0 Å². The van der Waals surface area contributed by atoms with Crippen LogP contribution in [0.25, 0.3) is 0 Å². The van der Waals surface area contributed by atoms with Gasteiger partial charge in [0.05, 0.1) is 0 Å². The summed E-state index contributed by atoms with van der Waals surface area (Å²) < 4.78 is 0. The third-order valence-corrected chi connectivity index (χ3v) is 8.30. The van der Waals surface area contributed by atoms with Gasteiger partial charge in [0.25, 0.3) is 0 Å². The van der Waals surface area contributed by atoms with Crippen LogP contribution >= 0.6 is 0 Å². The first-order valence-corrected chi connectivity index (χ1v) is 11.5. The molecule has 0 amide bonds. The van der Waals surface area contributed by atoms with Crippen LogP contribution in [0.1, 0.15) is 67.2 Å². The maximum absolute atomic E-state index is 2.81. The molecule has 0 radical (unpaired) electrons. The summed E-state index contributed by atoms with van der Waals surface area (Å²) in [5, 5.41) is 0. The highest BCUT2D eigenvalue weighted by Gasteiger charge is 2.49. The summed E-state index contributed by atoms with van der Waals surface area (Å²) >= 11 is 0. The van der Waals surface area contributed by atoms with E-state index in [0.29, 0.717) is 16.5 Å². The van der Waals surface area contributed by atoms with E-state index in [9.17, 15) is 0 Å². The van der Waals surface area contributed by atoms with Crippen LogP contribution in [-0.4, -0.2) is 95.1 Å². The summed E-state index contributed by atoms with van der Waals surface area (Å²) in [5.41, 5.74) is 1.39. The predicted octanol–water partition coefficient (Wildman–Crippen LogP) is 3.13. The Hall–Kier alpha value is -0.160. The highest BCUT2D eigenvalue weighted by Crippen LogP contribution is 2.51. The van der Waals surface area contributed by atoms with Crippen molar-refractivity contribution in [3.63, 3.8) is 0 Å². The SMILES string of the molecule is CC(C)(C)N1CCN(C2CC3(CCN(C4CN(C(C)(C)C)C4)CC3)C2)CC1. The average molecular weight is 377 g/mol. The van der Waals surface area contributed by atoms with Crippen LogP contribution in [0.5, 0.6) is 0 Å². The topological polar surface area (TPSA) is 13.0 Å². The minimum Gasteiger partial charge on any atom is -0.298 e. The third-order valence-electron chi connectivity index (χ3n) is 8.30. The van der Waals surface area contributed by atoms with E-state index in [-0.39, 0.29) is 0 Å². The lowest BCUT2D eigenvalue weighted by atomic mass is 9.59. The van der Waals surface area contributed by atoms with Crippen molar-refractivity contribution in [1.82, 2.24) is 19.6 Å². The largest absolute Gasteiger partial charge is 0.298 e. The van der Waals surface area contributed by atoms with Crippen LogP contribution in [-0.2, 0) is 0 Å². The van der Waals surface area contributed by atoms with Crippen LogP contribution in [0.4, 0.5) is 0 Å². The lowest BCUT2D eigenvalue weighted by molar-refractivity contribution is -0.0879. The third kappa shape index (κ3) is 4.10. The summed E-state index contributed by atoms with van der Waals surface area (Å²) in [4.78, 5) is 10.9. The Kier molecular flexibility index (Phi) is 5.19. The summed E-state index contributed by atoms with van der Waals surface area (Å²) in [6, 6.07) is 1.72. The van der Waals surface area contributed by atoms with Crippen LogP contribution in [0, 0.1) is 5.41 Å². The Morgan fingerprint density at radius 2 is 1.07 bits per heavy atom. The van der Waals surface area contributed by atoms with Crippen molar-refractivity contribution in [1.29, 1.82) is 0 Å². The van der Waals surface area contributed by atoms with E-state index in [1.54, 1.807) is 0 Å². The molecule has 1 saturated carbocycles. The first kappa shape index (κ1) is 20.1. The molecule has 3 heterocycles. The standard InChI is InChI=1S/C23H44N4/c1-21(2,3)26-13-11-25(12-14-26)19-15-23(16-19)7-9-24(10-8-23)20-17-27(18-20)22(4,5)6/h19-20H,7-18H2,1-6H3. The van der Waals surface area contributed by atoms with E-state index in [1.165, 1.54) is 78.0 Å². The van der Waals surface area contributed by atoms with Crippen molar-refractivity contribution in [2.75, 3.05) is 52.4 Å². The van der Waals surface area contributed by atoms with E-state index in [1.807, 2.05) is 0 Å². The summed E-state index contributed by atoms with van der Waals surface area (Å²) in [6.45, 7) is 24.5. The molecule has 0 aromatic carbocycles. The summed E-state index contributed by atoms with van der Waals surface area (Å²) in [5.74, 6) is 0. The van der Waals surface area contributed by atoms with Crippen LogP contribution < -0.4 is 0 Å². The lowest BCUT2D eigenvalue weighted by Gasteiger charge is -2.59. The van der Waals surface area contributed by atoms with Gasteiger partial charge in [-0.2, -0.15) is 0 Å². The molecule has 156 valence electrons. The molecule has 4 nitrogen and oxygen atoms in total. The fourth-order valence-corrected chi connectivity index (χ4v) is 5.96. The van der Waals surface area contributed by atoms with Crippen molar-refractivity contribution in [3.8, 4) is 0 Å². The highest BCUT2D eigenvalue weighted by atomic mass is 15.3. The molecule has 1 spiro atoms. The molecular weight excluding hydrogens is 332 g/mol. The minimum absolute atomic E-state index is 0.337. The van der Waals surface area contributed by atoms with Gasteiger partial charge in [-0.05, 0) is 85.7 Å². The number of piperazine rings is 1. The number of rotatable bonds is 2. The molecule has 3 aliphatic heterocycles. The van der Waals surface area contributed by atoms with Crippen molar-refractivity contribution in [2.45, 2.75) is 90.4 Å². The second-order valence-corrected chi connectivity index (χ2v) is 12.0. The zero-order valence-electron chi connectivity index (χ0n) is 18.9. The molecule has 0 aromatic rings. The average Bonchev–Trinajstić information content (AvgIpc) is 2.50. The Bertz CT molecular complexity index is 501. The van der Waals surface area contributed by atoms with Crippen LogP contribution in [0.2, 0.25) is 0 Å². The van der Waals surface area contributed by atoms with E-state index in [2.05, 4.69) is 61.1 Å². The monoisotopic (exact) mass is 376 g/mol. The van der Waals surface area contributed by atoms with Gasteiger partial charge in [0.2, 0.25) is 0 Å². The molecule has 0 aromatic heterocycles. The van der Waals surface area contributed by atoms with Crippen LogP contribution in [0.15, 0.2) is 0 Å². The molecule has 1 aliphatic carbocycles. The number of hydrogen-bond acceptors (Lipinski definition) is 4. The molecule has 27 heavy (non-hydrogen) atoms. The summed E-state index contributed by atoms with van der Waals surface area (Å²) in [6.07, 6.45) is 5.87. The second kappa shape index (κ2) is 6.97. The maximum atomic E-state index is 2.81. The highest BCUT2D eigenvalue weighted by molar-refractivity contribution is 5.04. The number of hydrogen-bond donors (Lipinski definition) is 0. The van der Waals surface area contributed by atoms with Crippen molar-refractivity contribution in [2.24, 2.45) is 5.41 Å². The van der Waals surface area contributed by atoms with Gasteiger partial charge in [0, 0.05) is 62.4 Å². The Labute approximate surface area is 168 Å². The van der Waals surface area contributed by atoms with Crippen molar-refractivity contribution < 1.29 is 0 Å². The van der Waals surface area contributed by atoms with Crippen LogP contribution in [0.3, 0.4) is 0 Å². The van der Waals surface area contributed by atoms with E-state index in [4.69, 9.17) is 0 Å². The molecular formula is C23H44N4. The fraction of sp³-hybridized carbons (Fsp3) is 1.00. The van der Waals surface area contributed by atoms with E-state index >= 15 is 0 Å². The van der Waals surface area contributed by atoms with Gasteiger partial charge in [0.1, 0.15) is 0 Å². The molecule has 3 saturated heterocycles. The minimum atomic E-state index is 0.337. The molecule has 0 N–H and O–H groups in total. The first-order valence-electron chi connectivity index (χ1n) is 11.5. The Balaban J connectivity index is 1.18. The van der Waals surface area contributed by atoms with Gasteiger partial charge in [0.15, 0.2) is 0 Å². The molecule has 0 bridgehead atoms.